The van der Waals surface area contributed by atoms with E-state index in [0.29, 0.717) is 18.7 Å². The Morgan fingerprint density at radius 2 is 1.72 bits per heavy atom. The van der Waals surface area contributed by atoms with Gasteiger partial charge in [-0.05, 0) is 90.8 Å². The molecule has 1 unspecified atom stereocenters. The van der Waals surface area contributed by atoms with Crippen molar-refractivity contribution in [3.63, 3.8) is 0 Å². The minimum Gasteiger partial charge on any atom is -0.356 e. The highest BCUT2D eigenvalue weighted by Gasteiger charge is 2.72. The Bertz CT molecular complexity index is 1150. The smallest absolute Gasteiger partial charge is 0.226 e. The van der Waals surface area contributed by atoms with Gasteiger partial charge in [0.1, 0.15) is 11.9 Å². The minimum atomic E-state index is -0.451. The molecule has 4 fully saturated rings. The van der Waals surface area contributed by atoms with E-state index >= 15 is 0 Å². The Balaban J connectivity index is 1.58. The molecule has 0 saturated heterocycles. The third-order valence-corrected chi connectivity index (χ3v) is 13.4. The number of carbonyl (C=O) groups excluding carboxylic acids is 3. The molecular weight excluding hydrogens is 484 g/mol. The Morgan fingerprint density at radius 1 is 1.03 bits per heavy atom. The summed E-state index contributed by atoms with van der Waals surface area (Å²) in [4.78, 5) is 41.5. The topological polar surface area (TPSA) is 87.0 Å². The summed E-state index contributed by atoms with van der Waals surface area (Å²) < 4.78 is 0. The first-order valence-corrected chi connectivity index (χ1v) is 15.7. The fourth-order valence-electron chi connectivity index (χ4n) is 10.9. The van der Waals surface area contributed by atoms with Crippen LogP contribution in [-0.4, -0.2) is 24.0 Å². The van der Waals surface area contributed by atoms with Gasteiger partial charge in [0, 0.05) is 24.8 Å². The maximum atomic E-state index is 14.6. The van der Waals surface area contributed by atoms with Crippen LogP contribution in [0.2, 0.25) is 0 Å². The number of unbranched alkanes of at least 4 members (excludes halogenated alkanes) is 1. The van der Waals surface area contributed by atoms with E-state index in [4.69, 9.17) is 0 Å². The van der Waals surface area contributed by atoms with Crippen LogP contribution in [0, 0.1) is 68.0 Å². The van der Waals surface area contributed by atoms with E-state index in [1.807, 2.05) is 13.0 Å². The van der Waals surface area contributed by atoms with Crippen LogP contribution in [0.1, 0.15) is 113 Å². The molecule has 5 rings (SSSR count). The molecule has 0 aromatic heterocycles. The third kappa shape index (κ3) is 3.86. The van der Waals surface area contributed by atoms with Crippen molar-refractivity contribution in [1.29, 1.82) is 5.26 Å². The van der Waals surface area contributed by atoms with Gasteiger partial charge in [-0.3, -0.25) is 14.4 Å². The van der Waals surface area contributed by atoms with Crippen molar-refractivity contribution in [1.82, 2.24) is 5.32 Å². The third-order valence-electron chi connectivity index (χ3n) is 13.4. The zero-order valence-corrected chi connectivity index (χ0v) is 25.4. The van der Waals surface area contributed by atoms with E-state index < -0.39 is 5.41 Å². The lowest BCUT2D eigenvalue weighted by Crippen LogP contribution is -2.69. The summed E-state index contributed by atoms with van der Waals surface area (Å²) in [6.07, 6.45) is 11.0. The second kappa shape index (κ2) is 9.28. The zero-order chi connectivity index (χ0) is 28.6. The molecule has 1 N–H and O–H groups in total. The average molecular weight is 535 g/mol. The second-order valence-electron chi connectivity index (χ2n) is 15.6. The van der Waals surface area contributed by atoms with Crippen molar-refractivity contribution in [2.24, 2.45) is 56.7 Å². The maximum absolute atomic E-state index is 14.6. The highest BCUT2D eigenvalue weighted by Crippen LogP contribution is 2.75. The molecule has 5 aliphatic rings. The number of nitrogens with zero attached hydrogens (tertiary/aromatic N) is 1. The summed E-state index contributed by atoms with van der Waals surface area (Å²) in [5.74, 6) is 0.496. The molecular formula is C34H50N2O3. The van der Waals surface area contributed by atoms with E-state index in [9.17, 15) is 19.6 Å². The number of fused-ring (bicyclic) bond motifs is 7. The van der Waals surface area contributed by atoms with E-state index in [1.54, 1.807) is 0 Å². The van der Waals surface area contributed by atoms with Crippen molar-refractivity contribution in [2.45, 2.75) is 113 Å². The van der Waals surface area contributed by atoms with Crippen LogP contribution in [0.4, 0.5) is 0 Å². The normalized spacial score (nSPS) is 46.5. The van der Waals surface area contributed by atoms with Crippen molar-refractivity contribution < 1.29 is 14.4 Å². The van der Waals surface area contributed by atoms with E-state index in [-0.39, 0.29) is 68.5 Å². The van der Waals surface area contributed by atoms with E-state index in [1.165, 1.54) is 0 Å². The molecule has 4 saturated carbocycles. The molecule has 0 bridgehead atoms. The Labute approximate surface area is 235 Å². The summed E-state index contributed by atoms with van der Waals surface area (Å²) in [6.45, 7) is 16.5. The summed E-state index contributed by atoms with van der Waals surface area (Å²) in [6, 6.07) is 2.19. The summed E-state index contributed by atoms with van der Waals surface area (Å²) in [7, 11) is 0. The van der Waals surface area contributed by atoms with Crippen LogP contribution in [0.5, 0.6) is 0 Å². The number of amides is 1. The predicted molar refractivity (Wildman–Crippen MR) is 152 cm³/mol. The average Bonchev–Trinajstić information content (AvgIpc) is 2.87. The van der Waals surface area contributed by atoms with Crippen molar-refractivity contribution >= 4 is 17.5 Å². The SMILES string of the molecule is CCCCNC(=O)[C@]12CCC(C)(C)C[C@@H]1C1C(=O)C[C@@H]3[C@@]4(C)C=C(C#N)C(=O)[C@@H](C)[C@@H]4CC[C@@]3(C)[C@]1(C)CC2. The number of Topliss-reactive ketones (excluding diaryl/α,β-unsaturated/α-hetero) is 2. The fourth-order valence-corrected chi connectivity index (χ4v) is 10.9. The summed E-state index contributed by atoms with van der Waals surface area (Å²) >= 11 is 0. The standard InChI is InChI=1S/C34H50N2O3/c1-8-9-16-36-29(39)34-14-12-30(3,4)19-24(34)27-25(37)17-26-31(5)18-22(20-35)28(38)21(2)23(31)10-11-32(26,6)33(27,7)13-15-34/h18,21,23-24,26-27H,8-17,19H2,1-7H3,(H,36,39)/t21-,23-,24+,26+,27?,31-,32+,33+,34-/m0/s1. The van der Waals surface area contributed by atoms with Crippen molar-refractivity contribution in [3.8, 4) is 6.07 Å². The number of hydrogen-bond donors (Lipinski definition) is 1. The van der Waals surface area contributed by atoms with Gasteiger partial charge in [-0.1, -0.05) is 61.0 Å². The zero-order valence-electron chi connectivity index (χ0n) is 25.4. The molecule has 5 aliphatic carbocycles. The van der Waals surface area contributed by atoms with Crippen LogP contribution in [0.15, 0.2) is 11.6 Å². The van der Waals surface area contributed by atoms with Crippen LogP contribution < -0.4 is 5.32 Å². The monoisotopic (exact) mass is 534 g/mol. The molecule has 0 aromatic carbocycles. The minimum absolute atomic E-state index is 0.0317. The molecule has 0 heterocycles. The van der Waals surface area contributed by atoms with Crippen LogP contribution in [0.25, 0.3) is 0 Å². The summed E-state index contributed by atoms with van der Waals surface area (Å²) in [5.41, 5.74) is -0.718. The molecule has 5 heteroatoms. The fraction of sp³-hybridized carbons (Fsp3) is 0.824. The molecule has 39 heavy (non-hydrogen) atoms. The lowest BCUT2D eigenvalue weighted by atomic mass is 9.32. The number of nitriles is 1. The molecule has 9 atom stereocenters. The first kappa shape index (κ1) is 28.6. The van der Waals surface area contributed by atoms with Gasteiger partial charge >= 0.3 is 0 Å². The lowest BCUT2D eigenvalue weighted by Gasteiger charge is -2.71. The molecule has 0 spiro atoms. The number of allylic oxidation sites excluding steroid dienone is 2. The molecule has 0 aromatic rings. The van der Waals surface area contributed by atoms with Gasteiger partial charge in [0.05, 0.1) is 11.0 Å². The van der Waals surface area contributed by atoms with Crippen molar-refractivity contribution in [3.05, 3.63) is 11.6 Å². The van der Waals surface area contributed by atoms with Gasteiger partial charge in [0.15, 0.2) is 5.78 Å². The number of rotatable bonds is 4. The number of nitrogens with one attached hydrogen (secondary N) is 1. The molecule has 0 radical (unpaired) electrons. The number of hydrogen-bond acceptors (Lipinski definition) is 4. The van der Waals surface area contributed by atoms with Gasteiger partial charge in [0.25, 0.3) is 0 Å². The predicted octanol–water partition coefficient (Wildman–Crippen LogP) is 6.81. The Morgan fingerprint density at radius 3 is 2.38 bits per heavy atom. The highest BCUT2D eigenvalue weighted by atomic mass is 16.2. The molecule has 0 aliphatic heterocycles. The highest BCUT2D eigenvalue weighted by molar-refractivity contribution is 6.02. The van der Waals surface area contributed by atoms with Gasteiger partial charge in [-0.2, -0.15) is 5.26 Å². The van der Waals surface area contributed by atoms with Crippen LogP contribution in [0.3, 0.4) is 0 Å². The van der Waals surface area contributed by atoms with E-state index in [2.05, 4.69) is 52.9 Å². The van der Waals surface area contributed by atoms with Crippen molar-refractivity contribution in [2.75, 3.05) is 6.54 Å². The molecule has 214 valence electrons. The van der Waals surface area contributed by atoms with E-state index in [0.717, 1.165) is 57.8 Å². The Hall–Kier alpha value is -1.96. The number of ketones is 2. The maximum Gasteiger partial charge on any atom is 0.226 e. The first-order chi connectivity index (χ1) is 18.2. The van der Waals surface area contributed by atoms with Crippen LogP contribution in [-0.2, 0) is 14.4 Å². The van der Waals surface area contributed by atoms with Gasteiger partial charge < -0.3 is 5.32 Å². The molecule has 1 amide bonds. The quantitative estimate of drug-likeness (QED) is 0.401. The van der Waals surface area contributed by atoms with Gasteiger partial charge in [0.2, 0.25) is 5.91 Å². The summed E-state index contributed by atoms with van der Waals surface area (Å²) in [5, 5.41) is 13.1. The Kier molecular flexibility index (Phi) is 6.80. The van der Waals surface area contributed by atoms with Gasteiger partial charge in [-0.25, -0.2) is 0 Å². The largest absolute Gasteiger partial charge is 0.356 e. The number of carbonyl (C=O) groups is 3. The first-order valence-electron chi connectivity index (χ1n) is 15.7. The molecule has 5 nitrogen and oxygen atoms in total. The van der Waals surface area contributed by atoms with Gasteiger partial charge in [-0.15, -0.1) is 0 Å². The second-order valence-corrected chi connectivity index (χ2v) is 15.6. The lowest BCUT2D eigenvalue weighted by molar-refractivity contribution is -0.218. The van der Waals surface area contributed by atoms with Crippen LogP contribution >= 0.6 is 0 Å².